The van der Waals surface area contributed by atoms with Gasteiger partial charge in [0.25, 0.3) is 0 Å². The molecule has 0 amide bonds. The van der Waals surface area contributed by atoms with E-state index in [0.29, 0.717) is 6.04 Å². The van der Waals surface area contributed by atoms with E-state index in [1.165, 1.54) is 36.8 Å². The summed E-state index contributed by atoms with van der Waals surface area (Å²) in [6.45, 7) is 0. The fourth-order valence-electron chi connectivity index (χ4n) is 2.19. The Morgan fingerprint density at radius 1 is 1.29 bits per heavy atom. The minimum absolute atomic E-state index is 0.374. The van der Waals surface area contributed by atoms with E-state index < -0.39 is 0 Å². The molecule has 14 heavy (non-hydrogen) atoms. The molecule has 0 spiro atoms. The van der Waals surface area contributed by atoms with E-state index in [1.807, 2.05) is 0 Å². The number of benzene rings is 1. The number of aryl methyl sites for hydroxylation is 1. The molecule has 2 rings (SSSR count). The van der Waals surface area contributed by atoms with Crippen LogP contribution in [0.1, 0.15) is 36.4 Å². The van der Waals surface area contributed by atoms with Crippen LogP contribution in [0.5, 0.6) is 0 Å². The zero-order chi connectivity index (χ0) is 9.80. The molecule has 2 heteroatoms. The number of nitrogens with one attached hydrogen (secondary N) is 1. The molecule has 0 aliphatic heterocycles. The van der Waals surface area contributed by atoms with Crippen molar-refractivity contribution in [1.82, 2.24) is 5.48 Å². The van der Waals surface area contributed by atoms with Gasteiger partial charge >= 0.3 is 0 Å². The standard InChI is InChI=1S/C12H17NO/c1-14-13-12-9-5-3-7-10-6-2-4-8-11(10)12/h2,4,6,8,12-13H,3,5,7,9H2,1H3. The summed E-state index contributed by atoms with van der Waals surface area (Å²) < 4.78 is 0. The predicted octanol–water partition coefficient (Wildman–Crippen LogP) is 2.61. The molecule has 1 aromatic carbocycles. The maximum Gasteiger partial charge on any atom is 0.0574 e. The Kier molecular flexibility index (Phi) is 3.17. The molecule has 1 aromatic rings. The average Bonchev–Trinajstić information content (AvgIpc) is 2.42. The fraction of sp³-hybridized carbons (Fsp3) is 0.500. The van der Waals surface area contributed by atoms with Gasteiger partial charge < -0.3 is 4.84 Å². The minimum Gasteiger partial charge on any atom is -0.305 e. The van der Waals surface area contributed by atoms with E-state index in [-0.39, 0.29) is 0 Å². The third-order valence-electron chi connectivity index (χ3n) is 2.88. The Labute approximate surface area is 85.2 Å². The Balaban J connectivity index is 2.27. The van der Waals surface area contributed by atoms with Crippen LogP contribution in [0.25, 0.3) is 0 Å². The molecule has 2 nitrogen and oxygen atoms in total. The highest BCUT2D eigenvalue weighted by molar-refractivity contribution is 5.30. The van der Waals surface area contributed by atoms with Gasteiger partial charge in [0, 0.05) is 0 Å². The first-order chi connectivity index (χ1) is 6.92. The quantitative estimate of drug-likeness (QED) is 0.573. The molecule has 0 fully saturated rings. The molecular weight excluding hydrogens is 174 g/mol. The van der Waals surface area contributed by atoms with Gasteiger partial charge in [0.1, 0.15) is 0 Å². The Morgan fingerprint density at radius 2 is 2.14 bits per heavy atom. The van der Waals surface area contributed by atoms with Crippen LogP contribution in [0.15, 0.2) is 24.3 Å². The molecule has 0 saturated carbocycles. The molecule has 1 atom stereocenters. The highest BCUT2D eigenvalue weighted by Gasteiger charge is 2.17. The lowest BCUT2D eigenvalue weighted by molar-refractivity contribution is 0.0576. The van der Waals surface area contributed by atoms with E-state index in [1.54, 1.807) is 7.11 Å². The second-order valence-electron chi connectivity index (χ2n) is 3.82. The first kappa shape index (κ1) is 9.69. The van der Waals surface area contributed by atoms with Crippen LogP contribution in [-0.4, -0.2) is 7.11 Å². The third kappa shape index (κ3) is 1.97. The van der Waals surface area contributed by atoms with Crippen molar-refractivity contribution in [3.8, 4) is 0 Å². The van der Waals surface area contributed by atoms with Gasteiger partial charge in [0.15, 0.2) is 0 Å². The summed E-state index contributed by atoms with van der Waals surface area (Å²) in [5.41, 5.74) is 5.96. The zero-order valence-electron chi connectivity index (χ0n) is 8.62. The van der Waals surface area contributed by atoms with Gasteiger partial charge in [-0.2, -0.15) is 5.48 Å². The fourth-order valence-corrected chi connectivity index (χ4v) is 2.19. The molecule has 1 unspecified atom stereocenters. The Hall–Kier alpha value is -0.860. The molecule has 0 saturated heterocycles. The zero-order valence-corrected chi connectivity index (χ0v) is 8.62. The van der Waals surface area contributed by atoms with Crippen molar-refractivity contribution in [1.29, 1.82) is 0 Å². The van der Waals surface area contributed by atoms with E-state index >= 15 is 0 Å². The van der Waals surface area contributed by atoms with Crippen molar-refractivity contribution in [3.05, 3.63) is 35.4 Å². The number of hydrogen-bond acceptors (Lipinski definition) is 2. The SMILES string of the molecule is CONC1CCCCc2ccccc21. The highest BCUT2D eigenvalue weighted by Crippen LogP contribution is 2.28. The van der Waals surface area contributed by atoms with Crippen LogP contribution in [0, 0.1) is 0 Å². The lowest BCUT2D eigenvalue weighted by Gasteiger charge is -2.17. The molecule has 0 bridgehead atoms. The average molecular weight is 191 g/mol. The van der Waals surface area contributed by atoms with Crippen molar-refractivity contribution in [2.45, 2.75) is 31.7 Å². The third-order valence-corrected chi connectivity index (χ3v) is 2.88. The second-order valence-corrected chi connectivity index (χ2v) is 3.82. The van der Waals surface area contributed by atoms with Gasteiger partial charge in [0.05, 0.1) is 13.2 Å². The number of rotatable bonds is 2. The van der Waals surface area contributed by atoms with E-state index in [4.69, 9.17) is 4.84 Å². The Morgan fingerprint density at radius 3 is 3.00 bits per heavy atom. The van der Waals surface area contributed by atoms with Crippen LogP contribution in [0.3, 0.4) is 0 Å². The molecule has 0 radical (unpaired) electrons. The molecular formula is C12H17NO. The molecule has 0 aromatic heterocycles. The maximum absolute atomic E-state index is 5.04. The second kappa shape index (κ2) is 4.58. The van der Waals surface area contributed by atoms with Gasteiger partial charge in [-0.15, -0.1) is 0 Å². The van der Waals surface area contributed by atoms with Gasteiger partial charge in [-0.25, -0.2) is 0 Å². The number of hydroxylamine groups is 1. The van der Waals surface area contributed by atoms with Gasteiger partial charge in [0.2, 0.25) is 0 Å². The normalized spacial score (nSPS) is 21.4. The molecule has 0 heterocycles. The monoisotopic (exact) mass is 191 g/mol. The lowest BCUT2D eigenvalue weighted by Crippen LogP contribution is -2.20. The Bertz CT molecular complexity index is 298. The van der Waals surface area contributed by atoms with Crippen LogP contribution in [0.2, 0.25) is 0 Å². The molecule has 1 aliphatic carbocycles. The van der Waals surface area contributed by atoms with E-state index in [0.717, 1.165) is 0 Å². The van der Waals surface area contributed by atoms with Crippen LogP contribution >= 0.6 is 0 Å². The summed E-state index contributed by atoms with van der Waals surface area (Å²) in [7, 11) is 1.69. The first-order valence-electron chi connectivity index (χ1n) is 5.28. The van der Waals surface area contributed by atoms with Gasteiger partial charge in [-0.05, 0) is 30.4 Å². The van der Waals surface area contributed by atoms with E-state index in [9.17, 15) is 0 Å². The van der Waals surface area contributed by atoms with Crippen molar-refractivity contribution >= 4 is 0 Å². The molecule has 1 N–H and O–H groups in total. The maximum atomic E-state index is 5.04. The van der Waals surface area contributed by atoms with Crippen LogP contribution < -0.4 is 5.48 Å². The summed E-state index contributed by atoms with van der Waals surface area (Å²) in [4.78, 5) is 5.04. The minimum atomic E-state index is 0.374. The summed E-state index contributed by atoms with van der Waals surface area (Å²) >= 11 is 0. The van der Waals surface area contributed by atoms with Crippen molar-refractivity contribution in [2.75, 3.05) is 7.11 Å². The van der Waals surface area contributed by atoms with Gasteiger partial charge in [-0.3, -0.25) is 0 Å². The van der Waals surface area contributed by atoms with E-state index in [2.05, 4.69) is 29.7 Å². The number of hydrogen-bond donors (Lipinski definition) is 1. The van der Waals surface area contributed by atoms with Crippen LogP contribution in [0.4, 0.5) is 0 Å². The predicted molar refractivity (Wildman–Crippen MR) is 56.9 cm³/mol. The summed E-state index contributed by atoms with van der Waals surface area (Å²) in [5.74, 6) is 0. The van der Waals surface area contributed by atoms with Crippen molar-refractivity contribution in [3.63, 3.8) is 0 Å². The largest absolute Gasteiger partial charge is 0.305 e. The topological polar surface area (TPSA) is 21.3 Å². The molecule has 1 aliphatic rings. The van der Waals surface area contributed by atoms with Crippen molar-refractivity contribution in [2.24, 2.45) is 0 Å². The van der Waals surface area contributed by atoms with Crippen LogP contribution in [-0.2, 0) is 11.3 Å². The highest BCUT2D eigenvalue weighted by atomic mass is 16.6. The number of fused-ring (bicyclic) bond motifs is 1. The summed E-state index contributed by atoms with van der Waals surface area (Å²) in [6, 6.07) is 9.03. The summed E-state index contributed by atoms with van der Waals surface area (Å²) in [5, 5.41) is 0. The lowest BCUT2D eigenvalue weighted by atomic mass is 10.00. The molecule has 76 valence electrons. The van der Waals surface area contributed by atoms with Crippen molar-refractivity contribution < 1.29 is 4.84 Å². The summed E-state index contributed by atoms with van der Waals surface area (Å²) in [6.07, 6.45) is 4.94. The van der Waals surface area contributed by atoms with Gasteiger partial charge in [-0.1, -0.05) is 30.7 Å². The first-order valence-corrected chi connectivity index (χ1v) is 5.28. The smallest absolute Gasteiger partial charge is 0.0574 e.